The Morgan fingerprint density at radius 2 is 2.32 bits per heavy atom. The van der Waals surface area contributed by atoms with Crippen molar-refractivity contribution in [2.24, 2.45) is 0 Å². The largest absolute Gasteiger partial charge is 0.394 e. The number of hydrogen-bond acceptors (Lipinski definition) is 6. The van der Waals surface area contributed by atoms with E-state index in [1.165, 1.54) is 13.3 Å². The van der Waals surface area contributed by atoms with Crippen LogP contribution in [-0.2, 0) is 4.74 Å². The zero-order chi connectivity index (χ0) is 13.6. The summed E-state index contributed by atoms with van der Waals surface area (Å²) in [4.78, 5) is 8.06. The third kappa shape index (κ3) is 1.74. The Kier molecular flexibility index (Phi) is 2.79. The van der Waals surface area contributed by atoms with Crippen LogP contribution in [0.4, 0.5) is 0 Å². The predicted octanol–water partition coefficient (Wildman–Crippen LogP) is -0.567. The van der Waals surface area contributed by atoms with Gasteiger partial charge in [-0.1, -0.05) is 0 Å². The molecule has 1 aliphatic rings. The van der Waals surface area contributed by atoms with Gasteiger partial charge in [-0.3, -0.25) is 0 Å². The quantitative estimate of drug-likeness (QED) is 0.672. The number of aliphatic hydroxyl groups is 3. The van der Waals surface area contributed by atoms with Gasteiger partial charge in [0.25, 0.3) is 0 Å². The van der Waals surface area contributed by atoms with Crippen LogP contribution in [0.1, 0.15) is 13.2 Å². The summed E-state index contributed by atoms with van der Waals surface area (Å²) in [6.45, 7) is 1.12. The van der Waals surface area contributed by atoms with E-state index in [0.717, 1.165) is 5.39 Å². The van der Waals surface area contributed by atoms with Gasteiger partial charge in [0.15, 0.2) is 6.23 Å². The molecule has 1 aliphatic heterocycles. The topological polar surface area (TPSA) is 101 Å². The maximum atomic E-state index is 10.4. The Morgan fingerprint density at radius 1 is 1.53 bits per heavy atom. The summed E-state index contributed by atoms with van der Waals surface area (Å²) in [6.07, 6.45) is 1.98. The van der Waals surface area contributed by atoms with Crippen molar-refractivity contribution < 1.29 is 20.1 Å². The van der Waals surface area contributed by atoms with Crippen molar-refractivity contribution in [3.63, 3.8) is 0 Å². The zero-order valence-corrected chi connectivity index (χ0v) is 10.3. The number of nitrogens with zero attached hydrogens (tertiary/aromatic N) is 3. The summed E-state index contributed by atoms with van der Waals surface area (Å²) in [5.74, 6) is 0. The molecule has 0 unspecified atom stereocenters. The first-order valence-electron chi connectivity index (χ1n) is 5.99. The van der Waals surface area contributed by atoms with Crippen LogP contribution in [0.25, 0.3) is 11.0 Å². The van der Waals surface area contributed by atoms with Crippen molar-refractivity contribution in [1.29, 1.82) is 0 Å². The molecule has 3 N–H and O–H groups in total. The standard InChI is InChI=1S/C12H15N3O4/c1-12(18)9(17)8(5-16)19-11(12)15-3-2-7-4-13-6-14-10(7)15/h2-4,6,8-9,11,16-18H,5H2,1H3/t8-,9-,11-,12-/m1/s1. The molecule has 102 valence electrons. The van der Waals surface area contributed by atoms with Gasteiger partial charge in [-0.05, 0) is 13.0 Å². The number of aromatic nitrogens is 3. The molecule has 0 bridgehead atoms. The molecule has 1 fully saturated rings. The highest BCUT2D eigenvalue weighted by Crippen LogP contribution is 2.39. The molecule has 1 saturated heterocycles. The molecule has 0 radical (unpaired) electrons. The summed E-state index contributed by atoms with van der Waals surface area (Å²) in [6, 6.07) is 1.80. The second-order valence-electron chi connectivity index (χ2n) is 4.90. The van der Waals surface area contributed by atoms with Gasteiger partial charge in [0, 0.05) is 17.8 Å². The Bertz CT molecular complexity index is 597. The molecule has 19 heavy (non-hydrogen) atoms. The van der Waals surface area contributed by atoms with Gasteiger partial charge in [0.1, 0.15) is 29.8 Å². The lowest BCUT2D eigenvalue weighted by Crippen LogP contribution is -2.44. The molecule has 0 spiro atoms. The molecular formula is C12H15N3O4. The summed E-state index contributed by atoms with van der Waals surface area (Å²) in [5, 5.41) is 30.4. The third-order valence-electron chi connectivity index (χ3n) is 3.56. The number of rotatable bonds is 2. The highest BCUT2D eigenvalue weighted by atomic mass is 16.6. The predicted molar refractivity (Wildman–Crippen MR) is 65.2 cm³/mol. The Labute approximate surface area is 109 Å². The van der Waals surface area contributed by atoms with Crippen molar-refractivity contribution in [3.8, 4) is 0 Å². The first-order valence-corrected chi connectivity index (χ1v) is 5.99. The van der Waals surface area contributed by atoms with Gasteiger partial charge in [-0.25, -0.2) is 9.97 Å². The fraction of sp³-hybridized carbons (Fsp3) is 0.500. The van der Waals surface area contributed by atoms with Gasteiger partial charge in [0.05, 0.1) is 6.61 Å². The van der Waals surface area contributed by atoms with E-state index in [0.29, 0.717) is 5.65 Å². The molecule has 3 heterocycles. The second-order valence-corrected chi connectivity index (χ2v) is 4.90. The molecule has 7 nitrogen and oxygen atoms in total. The number of ether oxygens (including phenoxy) is 1. The van der Waals surface area contributed by atoms with E-state index in [4.69, 9.17) is 9.84 Å². The number of aliphatic hydroxyl groups excluding tert-OH is 2. The smallest absolute Gasteiger partial charge is 0.167 e. The monoisotopic (exact) mass is 265 g/mol. The van der Waals surface area contributed by atoms with Crippen LogP contribution < -0.4 is 0 Å². The van der Waals surface area contributed by atoms with Gasteiger partial charge in [-0.2, -0.15) is 0 Å². The number of fused-ring (bicyclic) bond motifs is 1. The average Bonchev–Trinajstić information content (AvgIpc) is 2.91. The van der Waals surface area contributed by atoms with E-state index in [9.17, 15) is 10.2 Å². The molecule has 7 heteroatoms. The lowest BCUT2D eigenvalue weighted by molar-refractivity contribution is -0.0948. The van der Waals surface area contributed by atoms with Crippen LogP contribution in [-0.4, -0.2) is 54.3 Å². The molecule has 2 aromatic rings. The molecule has 2 aromatic heterocycles. The number of hydrogen-bond donors (Lipinski definition) is 3. The molecule has 3 rings (SSSR count). The molecule has 0 aromatic carbocycles. The van der Waals surface area contributed by atoms with Crippen LogP contribution in [0.3, 0.4) is 0 Å². The Morgan fingerprint density at radius 3 is 3.00 bits per heavy atom. The maximum Gasteiger partial charge on any atom is 0.167 e. The van der Waals surface area contributed by atoms with Crippen LogP contribution in [0, 0.1) is 0 Å². The fourth-order valence-corrected chi connectivity index (χ4v) is 2.48. The Hall–Kier alpha value is -1.54. The van der Waals surface area contributed by atoms with Gasteiger partial charge < -0.3 is 24.6 Å². The van der Waals surface area contributed by atoms with E-state index in [1.54, 1.807) is 23.0 Å². The molecule has 4 atom stereocenters. The van der Waals surface area contributed by atoms with Crippen molar-refractivity contribution in [1.82, 2.24) is 14.5 Å². The first kappa shape index (κ1) is 12.5. The molecule has 0 aliphatic carbocycles. The second kappa shape index (κ2) is 4.24. The van der Waals surface area contributed by atoms with Crippen LogP contribution >= 0.6 is 0 Å². The van der Waals surface area contributed by atoms with E-state index in [2.05, 4.69) is 9.97 Å². The van der Waals surface area contributed by atoms with Crippen molar-refractivity contribution in [2.45, 2.75) is 31.0 Å². The SMILES string of the molecule is C[C@@]1(O)[C@H](O)[C@@H](CO)O[C@H]1n1ccc2cncnc21. The summed E-state index contributed by atoms with van der Waals surface area (Å²) in [5.41, 5.74) is -0.907. The minimum absolute atomic E-state index is 0.359. The van der Waals surface area contributed by atoms with Gasteiger partial charge in [-0.15, -0.1) is 0 Å². The minimum Gasteiger partial charge on any atom is -0.394 e. The van der Waals surface area contributed by atoms with Crippen LogP contribution in [0.5, 0.6) is 0 Å². The summed E-state index contributed by atoms with van der Waals surface area (Å²) >= 11 is 0. The third-order valence-corrected chi connectivity index (χ3v) is 3.56. The van der Waals surface area contributed by atoms with Crippen LogP contribution in [0.2, 0.25) is 0 Å². The highest BCUT2D eigenvalue weighted by Gasteiger charge is 2.53. The molecule has 0 saturated carbocycles. The van der Waals surface area contributed by atoms with Crippen molar-refractivity contribution in [2.75, 3.05) is 6.61 Å². The van der Waals surface area contributed by atoms with Gasteiger partial charge in [0.2, 0.25) is 0 Å². The summed E-state index contributed by atoms with van der Waals surface area (Å²) < 4.78 is 7.18. The minimum atomic E-state index is -1.51. The lowest BCUT2D eigenvalue weighted by Gasteiger charge is -2.27. The van der Waals surface area contributed by atoms with E-state index < -0.39 is 24.0 Å². The van der Waals surface area contributed by atoms with Crippen molar-refractivity contribution >= 4 is 11.0 Å². The first-order chi connectivity index (χ1) is 9.05. The molecular weight excluding hydrogens is 250 g/mol. The summed E-state index contributed by atoms with van der Waals surface area (Å²) in [7, 11) is 0. The van der Waals surface area contributed by atoms with Gasteiger partial charge >= 0.3 is 0 Å². The molecule has 0 amide bonds. The fourth-order valence-electron chi connectivity index (χ4n) is 2.48. The van der Waals surface area contributed by atoms with E-state index >= 15 is 0 Å². The Balaban J connectivity index is 2.07. The maximum absolute atomic E-state index is 10.4. The average molecular weight is 265 g/mol. The van der Waals surface area contributed by atoms with Crippen molar-refractivity contribution in [3.05, 3.63) is 24.8 Å². The van der Waals surface area contributed by atoms with Crippen LogP contribution in [0.15, 0.2) is 24.8 Å². The lowest BCUT2D eigenvalue weighted by atomic mass is 9.96. The zero-order valence-electron chi connectivity index (χ0n) is 10.3. The highest BCUT2D eigenvalue weighted by molar-refractivity contribution is 5.74. The van der Waals surface area contributed by atoms with E-state index in [-0.39, 0.29) is 6.61 Å². The van der Waals surface area contributed by atoms with E-state index in [1.807, 2.05) is 0 Å². The normalized spacial score (nSPS) is 35.1.